The van der Waals surface area contributed by atoms with Crippen molar-refractivity contribution < 1.29 is 23.1 Å². The van der Waals surface area contributed by atoms with Crippen LogP contribution >= 0.6 is 7.60 Å². The average Bonchev–Trinajstić information content (AvgIpc) is 2.53. The summed E-state index contributed by atoms with van der Waals surface area (Å²) in [5.74, 6) is -0.407. The quantitative estimate of drug-likeness (QED) is 0.366. The van der Waals surface area contributed by atoms with Gasteiger partial charge in [0.25, 0.3) is 0 Å². The van der Waals surface area contributed by atoms with Gasteiger partial charge in [0.05, 0.1) is 26.0 Å². The summed E-state index contributed by atoms with van der Waals surface area (Å²) in [6.07, 6.45) is 2.07. The van der Waals surface area contributed by atoms with Crippen LogP contribution in [0.4, 0.5) is 0 Å². The Morgan fingerprint density at radius 1 is 1.04 bits per heavy atom. The zero-order valence-corrected chi connectivity index (χ0v) is 14.9. The molecule has 0 amide bonds. The standard InChI is InChI=1S/C17H25O5P/c1-4-20-17(18)16(14-15-10-8-7-9-11-15)12-13-23(19,21-5-2)22-6-3/h7-12H,4-6,13-14H2,1-3H3/b16-12+. The van der Waals surface area contributed by atoms with Crippen molar-refractivity contribution in [3.8, 4) is 0 Å². The molecule has 0 saturated carbocycles. The van der Waals surface area contributed by atoms with Crippen molar-refractivity contribution in [1.29, 1.82) is 0 Å². The number of rotatable bonds is 10. The fourth-order valence-electron chi connectivity index (χ4n) is 2.03. The summed E-state index contributed by atoms with van der Waals surface area (Å²) in [5.41, 5.74) is 1.44. The Bertz CT molecular complexity index is 543. The van der Waals surface area contributed by atoms with E-state index in [2.05, 4.69) is 0 Å². The molecule has 0 aromatic heterocycles. The smallest absolute Gasteiger partial charge is 0.334 e. The van der Waals surface area contributed by atoms with Crippen molar-refractivity contribution in [2.75, 3.05) is 26.0 Å². The second-order valence-electron chi connectivity index (χ2n) is 4.74. The summed E-state index contributed by atoms with van der Waals surface area (Å²) < 4.78 is 28.1. The zero-order chi connectivity index (χ0) is 17.1. The van der Waals surface area contributed by atoms with Crippen molar-refractivity contribution in [3.63, 3.8) is 0 Å². The van der Waals surface area contributed by atoms with E-state index < -0.39 is 13.6 Å². The monoisotopic (exact) mass is 340 g/mol. The van der Waals surface area contributed by atoms with Gasteiger partial charge in [-0.25, -0.2) is 4.79 Å². The molecule has 0 aliphatic carbocycles. The first-order valence-corrected chi connectivity index (χ1v) is 9.55. The van der Waals surface area contributed by atoms with Gasteiger partial charge in [0.15, 0.2) is 0 Å². The van der Waals surface area contributed by atoms with Gasteiger partial charge in [-0.05, 0) is 26.3 Å². The van der Waals surface area contributed by atoms with Gasteiger partial charge in [0.1, 0.15) is 0 Å². The van der Waals surface area contributed by atoms with Gasteiger partial charge < -0.3 is 13.8 Å². The van der Waals surface area contributed by atoms with Gasteiger partial charge in [0.2, 0.25) is 0 Å². The molecule has 0 atom stereocenters. The lowest BCUT2D eigenvalue weighted by Crippen LogP contribution is -2.11. The minimum Gasteiger partial charge on any atom is -0.463 e. The largest absolute Gasteiger partial charge is 0.463 e. The lowest BCUT2D eigenvalue weighted by Gasteiger charge is -2.16. The lowest BCUT2D eigenvalue weighted by molar-refractivity contribution is -0.138. The predicted octanol–water partition coefficient (Wildman–Crippen LogP) is 3.98. The maximum absolute atomic E-state index is 12.5. The summed E-state index contributed by atoms with van der Waals surface area (Å²) in [6, 6.07) is 9.58. The number of hydrogen-bond acceptors (Lipinski definition) is 5. The first-order valence-electron chi connectivity index (χ1n) is 7.82. The molecule has 0 saturated heterocycles. The molecule has 0 unspecified atom stereocenters. The van der Waals surface area contributed by atoms with Crippen LogP contribution in [0.2, 0.25) is 0 Å². The maximum atomic E-state index is 12.5. The SMILES string of the molecule is CCOC(=O)/C(=C/CP(=O)(OCC)OCC)Cc1ccccc1. The summed E-state index contributed by atoms with van der Waals surface area (Å²) >= 11 is 0. The summed E-state index contributed by atoms with van der Waals surface area (Å²) in [4.78, 5) is 12.1. The van der Waals surface area contributed by atoms with Gasteiger partial charge in [-0.1, -0.05) is 36.4 Å². The molecule has 0 heterocycles. The molecule has 0 fully saturated rings. The Hall–Kier alpha value is -1.42. The predicted molar refractivity (Wildman–Crippen MR) is 90.6 cm³/mol. The highest BCUT2D eigenvalue weighted by Gasteiger charge is 2.23. The molecule has 23 heavy (non-hydrogen) atoms. The van der Waals surface area contributed by atoms with Gasteiger partial charge in [-0.15, -0.1) is 0 Å². The molecule has 1 rings (SSSR count). The van der Waals surface area contributed by atoms with Crippen LogP contribution in [0.15, 0.2) is 42.0 Å². The zero-order valence-electron chi connectivity index (χ0n) is 14.0. The fraction of sp³-hybridized carbons (Fsp3) is 0.471. The molecule has 1 aromatic rings. The van der Waals surface area contributed by atoms with E-state index in [1.54, 1.807) is 26.8 Å². The third-order valence-electron chi connectivity index (χ3n) is 2.99. The highest BCUT2D eigenvalue weighted by atomic mass is 31.2. The Morgan fingerprint density at radius 3 is 2.17 bits per heavy atom. The van der Waals surface area contributed by atoms with Crippen LogP contribution in [0.5, 0.6) is 0 Å². The molecule has 6 heteroatoms. The Labute approximate surface area is 138 Å². The molecule has 0 radical (unpaired) electrons. The van der Waals surface area contributed by atoms with Gasteiger partial charge in [-0.2, -0.15) is 0 Å². The number of hydrogen-bond donors (Lipinski definition) is 0. The van der Waals surface area contributed by atoms with E-state index in [0.717, 1.165) is 5.56 Å². The van der Waals surface area contributed by atoms with E-state index in [1.165, 1.54) is 0 Å². The van der Waals surface area contributed by atoms with Crippen molar-refractivity contribution in [2.45, 2.75) is 27.2 Å². The van der Waals surface area contributed by atoms with Crippen LogP contribution in [-0.4, -0.2) is 32.0 Å². The molecule has 0 N–H and O–H groups in total. The van der Waals surface area contributed by atoms with Crippen LogP contribution in [0, 0.1) is 0 Å². The van der Waals surface area contributed by atoms with Crippen molar-refractivity contribution in [3.05, 3.63) is 47.5 Å². The van der Waals surface area contributed by atoms with Crippen molar-refractivity contribution >= 4 is 13.6 Å². The van der Waals surface area contributed by atoms with Crippen LogP contribution in [-0.2, 0) is 29.6 Å². The third-order valence-corrected chi connectivity index (χ3v) is 4.92. The first kappa shape index (κ1) is 19.6. The summed E-state index contributed by atoms with van der Waals surface area (Å²) in [7, 11) is -3.22. The minimum absolute atomic E-state index is 0.0513. The molecular formula is C17H25O5P. The Kier molecular flexibility index (Phi) is 8.85. The van der Waals surface area contributed by atoms with Crippen molar-refractivity contribution in [1.82, 2.24) is 0 Å². The number of allylic oxidation sites excluding steroid dienone is 1. The second kappa shape index (κ2) is 10.4. The van der Waals surface area contributed by atoms with E-state index in [0.29, 0.717) is 31.8 Å². The lowest BCUT2D eigenvalue weighted by atomic mass is 10.1. The van der Waals surface area contributed by atoms with E-state index in [1.807, 2.05) is 30.3 Å². The molecule has 0 aliphatic heterocycles. The van der Waals surface area contributed by atoms with E-state index >= 15 is 0 Å². The molecule has 1 aromatic carbocycles. The number of carbonyl (C=O) groups is 1. The number of benzene rings is 1. The highest BCUT2D eigenvalue weighted by molar-refractivity contribution is 7.54. The van der Waals surface area contributed by atoms with Crippen molar-refractivity contribution in [2.24, 2.45) is 0 Å². The number of esters is 1. The third kappa shape index (κ3) is 7.12. The molecule has 5 nitrogen and oxygen atoms in total. The first-order chi connectivity index (χ1) is 11.0. The van der Waals surface area contributed by atoms with Gasteiger partial charge in [-0.3, -0.25) is 4.57 Å². The van der Waals surface area contributed by atoms with Crippen LogP contribution in [0.25, 0.3) is 0 Å². The number of carbonyl (C=O) groups excluding carboxylic acids is 1. The van der Waals surface area contributed by atoms with E-state index in [-0.39, 0.29) is 6.16 Å². The topological polar surface area (TPSA) is 61.8 Å². The maximum Gasteiger partial charge on any atom is 0.334 e. The van der Waals surface area contributed by atoms with Crippen LogP contribution < -0.4 is 0 Å². The van der Waals surface area contributed by atoms with Crippen LogP contribution in [0.1, 0.15) is 26.3 Å². The summed E-state index contributed by atoms with van der Waals surface area (Å²) in [6.45, 7) is 6.14. The van der Waals surface area contributed by atoms with Gasteiger partial charge in [0, 0.05) is 12.0 Å². The molecule has 128 valence electrons. The summed E-state index contributed by atoms with van der Waals surface area (Å²) in [5, 5.41) is 0. The van der Waals surface area contributed by atoms with Crippen LogP contribution in [0.3, 0.4) is 0 Å². The average molecular weight is 340 g/mol. The molecule has 0 spiro atoms. The Balaban J connectivity index is 2.93. The second-order valence-corrected chi connectivity index (χ2v) is 6.84. The van der Waals surface area contributed by atoms with E-state index in [4.69, 9.17) is 13.8 Å². The molecule has 0 aliphatic rings. The normalized spacial score (nSPS) is 12.2. The highest BCUT2D eigenvalue weighted by Crippen LogP contribution is 2.48. The molecular weight excluding hydrogens is 315 g/mol. The Morgan fingerprint density at radius 2 is 1.65 bits per heavy atom. The minimum atomic E-state index is -3.22. The number of ether oxygens (including phenoxy) is 1. The van der Waals surface area contributed by atoms with E-state index in [9.17, 15) is 9.36 Å². The van der Waals surface area contributed by atoms with Gasteiger partial charge >= 0.3 is 13.6 Å². The molecule has 0 bridgehead atoms. The fourth-order valence-corrected chi connectivity index (χ4v) is 3.54.